The Balaban J connectivity index is 1.19. The van der Waals surface area contributed by atoms with Crippen LogP contribution in [0.15, 0.2) is 67.4 Å². The lowest BCUT2D eigenvalue weighted by molar-refractivity contribution is 0.0601. The van der Waals surface area contributed by atoms with Crippen LogP contribution in [0.2, 0.25) is 0 Å². The van der Waals surface area contributed by atoms with Gasteiger partial charge in [-0.1, -0.05) is 18.2 Å². The fourth-order valence-electron chi connectivity index (χ4n) is 5.13. The number of esters is 1. The summed E-state index contributed by atoms with van der Waals surface area (Å²) in [7, 11) is 3.12. The fraction of sp³-hybridized carbons (Fsp3) is 0.379. The molecule has 0 saturated carbocycles. The molecule has 2 aromatic heterocycles. The molecule has 8 nitrogen and oxygen atoms in total. The Kier molecular flexibility index (Phi) is 7.87. The largest absolute Gasteiger partial charge is 0.497 e. The first kappa shape index (κ1) is 25.0. The molecule has 37 heavy (non-hydrogen) atoms. The second-order valence-corrected chi connectivity index (χ2v) is 9.63. The third-order valence-electron chi connectivity index (χ3n) is 7.20. The van der Waals surface area contributed by atoms with Crippen LogP contribution in [0.4, 0.5) is 0 Å². The third kappa shape index (κ3) is 6.03. The normalized spacial score (nSPS) is 14.8. The monoisotopic (exact) mass is 501 g/mol. The van der Waals surface area contributed by atoms with Crippen molar-refractivity contribution in [2.24, 2.45) is 0 Å². The molecule has 0 atom stereocenters. The van der Waals surface area contributed by atoms with E-state index in [4.69, 9.17) is 9.47 Å². The number of carbonyl (C=O) groups excluding carboxylic acids is 1. The number of fused-ring (bicyclic) bond motifs is 1. The van der Waals surface area contributed by atoms with E-state index < -0.39 is 0 Å². The number of ether oxygens (including phenoxy) is 2. The highest BCUT2D eigenvalue weighted by Crippen LogP contribution is 2.25. The number of carbonyl (C=O) groups is 1. The van der Waals surface area contributed by atoms with Crippen LogP contribution in [0, 0.1) is 0 Å². The number of aryl methyl sites for hydroxylation is 1. The van der Waals surface area contributed by atoms with Crippen LogP contribution in [0.25, 0.3) is 10.9 Å². The number of methoxy groups -OCH3 is 2. The molecule has 0 unspecified atom stereocenters. The summed E-state index contributed by atoms with van der Waals surface area (Å²) in [6.07, 6.45) is 8.87. The Labute approximate surface area is 218 Å². The molecule has 4 aromatic rings. The van der Waals surface area contributed by atoms with Crippen LogP contribution in [-0.2, 0) is 24.4 Å². The molecule has 1 aliphatic heterocycles. The number of aromatic nitrogens is 3. The molecular formula is C29H35N5O3. The second kappa shape index (κ2) is 11.6. The van der Waals surface area contributed by atoms with Gasteiger partial charge in [0.2, 0.25) is 0 Å². The zero-order valence-electron chi connectivity index (χ0n) is 21.7. The maximum absolute atomic E-state index is 12.2. The molecule has 194 valence electrons. The van der Waals surface area contributed by atoms with E-state index in [1.54, 1.807) is 13.3 Å². The Hall–Kier alpha value is -3.62. The standard InChI is InChI=1S/C29H35N5O3/c1-36-26-7-4-23(5-8-26)19-32-16-14-31(15-17-32)11-3-12-34-21-25(20-33-13-10-30-22-33)27-9-6-24(18-28(27)34)29(35)37-2/h4-10,13,18,21-22H,3,11-12,14-17,19-20H2,1-2H3. The van der Waals surface area contributed by atoms with Gasteiger partial charge in [-0.2, -0.15) is 0 Å². The highest BCUT2D eigenvalue weighted by molar-refractivity contribution is 5.95. The Morgan fingerprint density at radius 3 is 2.43 bits per heavy atom. The lowest BCUT2D eigenvalue weighted by Gasteiger charge is -2.34. The summed E-state index contributed by atoms with van der Waals surface area (Å²) in [5.41, 5.74) is 4.20. The van der Waals surface area contributed by atoms with Gasteiger partial charge in [0.1, 0.15) is 5.75 Å². The molecule has 5 rings (SSSR count). The zero-order chi connectivity index (χ0) is 25.6. The summed E-state index contributed by atoms with van der Waals surface area (Å²) in [4.78, 5) is 21.4. The topological polar surface area (TPSA) is 64.8 Å². The van der Waals surface area contributed by atoms with E-state index in [9.17, 15) is 4.79 Å². The van der Waals surface area contributed by atoms with Crippen molar-refractivity contribution < 1.29 is 14.3 Å². The number of piperazine rings is 1. The lowest BCUT2D eigenvalue weighted by atomic mass is 10.1. The molecule has 2 aromatic carbocycles. The molecule has 0 radical (unpaired) electrons. The van der Waals surface area contributed by atoms with E-state index in [-0.39, 0.29) is 5.97 Å². The van der Waals surface area contributed by atoms with Crippen molar-refractivity contribution in [3.8, 4) is 5.75 Å². The minimum atomic E-state index is -0.307. The first-order valence-corrected chi connectivity index (χ1v) is 12.9. The van der Waals surface area contributed by atoms with Crippen molar-refractivity contribution in [2.45, 2.75) is 26.1 Å². The second-order valence-electron chi connectivity index (χ2n) is 9.63. The summed E-state index contributed by atoms with van der Waals surface area (Å²) in [6, 6.07) is 14.2. The molecular weight excluding hydrogens is 466 g/mol. The van der Waals surface area contributed by atoms with Gasteiger partial charge in [-0.3, -0.25) is 4.90 Å². The minimum Gasteiger partial charge on any atom is -0.497 e. The van der Waals surface area contributed by atoms with E-state index >= 15 is 0 Å². The van der Waals surface area contributed by atoms with Crippen LogP contribution in [0.3, 0.4) is 0 Å². The van der Waals surface area contributed by atoms with Gasteiger partial charge in [0.15, 0.2) is 0 Å². The minimum absolute atomic E-state index is 0.307. The Bertz CT molecular complexity index is 1310. The van der Waals surface area contributed by atoms with E-state index in [0.29, 0.717) is 5.56 Å². The van der Waals surface area contributed by atoms with Crippen LogP contribution in [0.1, 0.15) is 27.9 Å². The first-order chi connectivity index (χ1) is 18.1. The summed E-state index contributed by atoms with van der Waals surface area (Å²) in [5.74, 6) is 0.595. The smallest absolute Gasteiger partial charge is 0.337 e. The van der Waals surface area contributed by atoms with Crippen LogP contribution in [-0.4, -0.2) is 76.8 Å². The van der Waals surface area contributed by atoms with Gasteiger partial charge in [-0.25, -0.2) is 9.78 Å². The van der Waals surface area contributed by atoms with Crippen LogP contribution < -0.4 is 4.74 Å². The number of nitrogens with zero attached hydrogens (tertiary/aromatic N) is 5. The summed E-state index contributed by atoms with van der Waals surface area (Å²) >= 11 is 0. The molecule has 0 bridgehead atoms. The van der Waals surface area contributed by atoms with Gasteiger partial charge in [-0.05, 0) is 48.4 Å². The van der Waals surface area contributed by atoms with Crippen molar-refractivity contribution >= 4 is 16.9 Å². The Morgan fingerprint density at radius 2 is 1.73 bits per heavy atom. The SMILES string of the molecule is COC(=O)c1ccc2c(Cn3ccnc3)cn(CCCN3CCN(Cc4ccc(OC)cc4)CC3)c2c1. The van der Waals surface area contributed by atoms with E-state index in [1.807, 2.05) is 42.9 Å². The number of hydrogen-bond donors (Lipinski definition) is 0. The molecule has 0 aliphatic carbocycles. The van der Waals surface area contributed by atoms with Crippen molar-refractivity contribution in [3.05, 3.63) is 84.1 Å². The molecule has 0 N–H and O–H groups in total. The quantitative estimate of drug-likeness (QED) is 0.307. The van der Waals surface area contributed by atoms with E-state index in [0.717, 1.165) is 75.4 Å². The molecule has 0 spiro atoms. The Morgan fingerprint density at radius 1 is 0.946 bits per heavy atom. The van der Waals surface area contributed by atoms with Crippen LogP contribution >= 0.6 is 0 Å². The molecule has 3 heterocycles. The summed E-state index contributed by atoms with van der Waals surface area (Å²) < 4.78 is 14.6. The zero-order valence-corrected chi connectivity index (χ0v) is 21.7. The molecule has 1 saturated heterocycles. The van der Waals surface area contributed by atoms with Gasteiger partial charge in [-0.15, -0.1) is 0 Å². The molecule has 0 amide bonds. The lowest BCUT2D eigenvalue weighted by Crippen LogP contribution is -2.46. The predicted molar refractivity (Wildman–Crippen MR) is 144 cm³/mol. The van der Waals surface area contributed by atoms with Crippen molar-refractivity contribution in [1.29, 1.82) is 0 Å². The first-order valence-electron chi connectivity index (χ1n) is 12.9. The van der Waals surface area contributed by atoms with E-state index in [1.165, 1.54) is 18.2 Å². The van der Waals surface area contributed by atoms with Crippen molar-refractivity contribution in [1.82, 2.24) is 23.9 Å². The summed E-state index contributed by atoms with van der Waals surface area (Å²) in [5, 5.41) is 1.16. The average molecular weight is 502 g/mol. The number of rotatable bonds is 10. The molecule has 1 fully saturated rings. The van der Waals surface area contributed by atoms with Gasteiger partial charge in [0, 0.05) is 68.8 Å². The van der Waals surface area contributed by atoms with Gasteiger partial charge >= 0.3 is 5.97 Å². The third-order valence-corrected chi connectivity index (χ3v) is 7.20. The van der Waals surface area contributed by atoms with Crippen molar-refractivity contribution in [3.63, 3.8) is 0 Å². The summed E-state index contributed by atoms with van der Waals surface area (Å²) in [6.45, 7) is 8.02. The maximum atomic E-state index is 12.2. The predicted octanol–water partition coefficient (Wildman–Crippen LogP) is 3.89. The van der Waals surface area contributed by atoms with Crippen molar-refractivity contribution in [2.75, 3.05) is 46.9 Å². The highest BCUT2D eigenvalue weighted by atomic mass is 16.5. The molecule has 8 heteroatoms. The number of benzene rings is 2. The van der Waals surface area contributed by atoms with E-state index in [2.05, 4.69) is 42.2 Å². The number of imidazole rings is 1. The fourth-order valence-corrected chi connectivity index (χ4v) is 5.13. The highest BCUT2D eigenvalue weighted by Gasteiger charge is 2.18. The van der Waals surface area contributed by atoms with Gasteiger partial charge in [0.05, 0.1) is 32.7 Å². The number of hydrogen-bond acceptors (Lipinski definition) is 6. The van der Waals surface area contributed by atoms with Crippen LogP contribution in [0.5, 0.6) is 5.75 Å². The maximum Gasteiger partial charge on any atom is 0.337 e. The van der Waals surface area contributed by atoms with Gasteiger partial charge in [0.25, 0.3) is 0 Å². The van der Waals surface area contributed by atoms with Gasteiger partial charge < -0.3 is 23.5 Å². The average Bonchev–Trinajstić information content (AvgIpc) is 3.57. The molecule has 1 aliphatic rings.